The standard InChI is InChI=1S/C26H35N9O3S.C26H37N9O3S/c1-19(2)22-18-30-35-24(22)31-26(38-16-15-33(3)39(36,37)21-9-12-27-13-10-21)32-25(35)28-17-20-7-4-5-8-23(20)34-14-6-11-29-34;1-20(2)22-19-29-35-24(22)30-26(38-16-15-33(5)39(36,37)17-9-13-32(3)4)31-25(35)27-18-21-10-6-7-11-23(21)34-14-8-12-28-34/h4-8,11,14,18-19,21,27H,9-10,12-13,15-17H2,1-3H3,(H,28,31,32);6-8,10-12,14,19-20H,9,13,15-18H2,1-5H3,(H,27,30,31). The Morgan fingerprint density at radius 3 is 1.55 bits per heavy atom. The van der Waals surface area contributed by atoms with E-state index in [1.165, 1.54) is 8.61 Å². The summed E-state index contributed by atoms with van der Waals surface area (Å²) in [4.78, 5) is 20.3. The van der Waals surface area contributed by atoms with E-state index in [1.54, 1.807) is 47.9 Å². The van der Waals surface area contributed by atoms with Crippen LogP contribution in [-0.4, -0.2) is 174 Å². The fourth-order valence-corrected chi connectivity index (χ4v) is 11.6. The lowest BCUT2D eigenvalue weighted by atomic mass is 10.1. The second kappa shape index (κ2) is 26.0. The average molecular weight is 1110 g/mol. The van der Waals surface area contributed by atoms with Crippen LogP contribution in [0.5, 0.6) is 12.0 Å². The van der Waals surface area contributed by atoms with E-state index in [2.05, 4.69) is 84.0 Å². The zero-order chi connectivity index (χ0) is 55.4. The summed E-state index contributed by atoms with van der Waals surface area (Å²) in [6.45, 7) is 12.0. The van der Waals surface area contributed by atoms with Gasteiger partial charge in [-0.1, -0.05) is 64.1 Å². The third kappa shape index (κ3) is 14.1. The van der Waals surface area contributed by atoms with Gasteiger partial charge in [-0.25, -0.2) is 34.8 Å². The topological polar surface area (TPSA) is 254 Å². The number of sulfonamides is 2. The van der Waals surface area contributed by atoms with E-state index in [0.29, 0.717) is 75.2 Å². The first-order valence-electron chi connectivity index (χ1n) is 26.1. The number of fused-ring (bicyclic) bond motifs is 2. The monoisotopic (exact) mass is 1110 g/mol. The highest BCUT2D eigenvalue weighted by atomic mass is 32.2. The molecule has 1 aliphatic heterocycles. The van der Waals surface area contributed by atoms with Crippen LogP contribution >= 0.6 is 0 Å². The molecule has 78 heavy (non-hydrogen) atoms. The van der Waals surface area contributed by atoms with Crippen molar-refractivity contribution in [2.24, 2.45) is 0 Å². The van der Waals surface area contributed by atoms with E-state index >= 15 is 0 Å². The molecule has 418 valence electrons. The molecule has 0 aliphatic carbocycles. The number of hydrogen-bond donors (Lipinski definition) is 3. The molecule has 8 aromatic rings. The maximum absolute atomic E-state index is 13.0. The van der Waals surface area contributed by atoms with Gasteiger partial charge in [0.2, 0.25) is 31.9 Å². The van der Waals surface area contributed by atoms with Gasteiger partial charge in [0, 0.05) is 76.2 Å². The van der Waals surface area contributed by atoms with E-state index in [-0.39, 0.29) is 61.2 Å². The molecular weight excluding hydrogens is 1040 g/mol. The molecule has 0 atom stereocenters. The van der Waals surface area contributed by atoms with Crippen LogP contribution in [0.2, 0.25) is 0 Å². The molecule has 1 saturated heterocycles. The van der Waals surface area contributed by atoms with Crippen LogP contribution in [0.3, 0.4) is 0 Å². The van der Waals surface area contributed by atoms with Gasteiger partial charge < -0.3 is 30.3 Å². The zero-order valence-electron chi connectivity index (χ0n) is 45.6. The van der Waals surface area contributed by atoms with Crippen molar-refractivity contribution < 1.29 is 26.3 Å². The summed E-state index contributed by atoms with van der Waals surface area (Å²) in [5.41, 5.74) is 7.17. The minimum Gasteiger partial charge on any atom is -0.462 e. The van der Waals surface area contributed by atoms with Crippen molar-refractivity contribution in [1.82, 2.24) is 77.6 Å². The number of nitrogens with one attached hydrogen (secondary N) is 3. The van der Waals surface area contributed by atoms with Crippen molar-refractivity contribution in [3.8, 4) is 23.4 Å². The number of aromatic nitrogens is 12. The number of ether oxygens (including phenoxy) is 2. The van der Waals surface area contributed by atoms with Crippen molar-refractivity contribution in [3.63, 3.8) is 0 Å². The first-order valence-corrected chi connectivity index (χ1v) is 29.3. The Labute approximate surface area is 456 Å². The molecule has 0 unspecified atom stereocenters. The Bertz CT molecular complexity index is 3420. The van der Waals surface area contributed by atoms with Crippen LogP contribution in [0.1, 0.15) is 81.0 Å². The van der Waals surface area contributed by atoms with E-state index < -0.39 is 20.0 Å². The molecule has 0 spiro atoms. The average Bonchev–Trinajstić information content (AvgIpc) is 4.29. The molecule has 1 fully saturated rings. The Kier molecular flexibility index (Phi) is 19.1. The molecule has 2 aromatic carbocycles. The molecule has 7 heterocycles. The summed E-state index contributed by atoms with van der Waals surface area (Å²) >= 11 is 0. The number of rotatable bonds is 25. The summed E-state index contributed by atoms with van der Waals surface area (Å²) in [5, 5.41) is 27.3. The molecule has 0 bridgehead atoms. The maximum atomic E-state index is 13.0. The first-order chi connectivity index (χ1) is 37.5. The van der Waals surface area contributed by atoms with E-state index in [0.717, 1.165) is 33.6 Å². The molecule has 0 radical (unpaired) electrons. The van der Waals surface area contributed by atoms with E-state index in [1.807, 2.05) is 101 Å². The third-order valence-corrected chi connectivity index (χ3v) is 17.6. The molecule has 0 saturated carbocycles. The quantitative estimate of drug-likeness (QED) is 0.0675. The molecule has 6 aromatic heterocycles. The van der Waals surface area contributed by atoms with Crippen molar-refractivity contribution in [2.75, 3.05) is 90.5 Å². The predicted molar refractivity (Wildman–Crippen MR) is 300 cm³/mol. The molecular formula is C52H72N18O6S2. The van der Waals surface area contributed by atoms with Gasteiger partial charge >= 0.3 is 12.0 Å². The second-order valence-corrected chi connectivity index (χ2v) is 24.3. The van der Waals surface area contributed by atoms with Crippen LogP contribution in [0.15, 0.2) is 97.8 Å². The van der Waals surface area contributed by atoms with Gasteiger partial charge in [-0.2, -0.15) is 49.4 Å². The number of para-hydroxylation sites is 2. The van der Waals surface area contributed by atoms with Crippen LogP contribution < -0.4 is 25.4 Å². The van der Waals surface area contributed by atoms with Gasteiger partial charge in [0.1, 0.15) is 13.2 Å². The van der Waals surface area contributed by atoms with Gasteiger partial charge in [-0.05, 0) is 100 Å². The Hall–Kier alpha value is -7.10. The van der Waals surface area contributed by atoms with Gasteiger partial charge in [-0.15, -0.1) is 0 Å². The van der Waals surface area contributed by atoms with Crippen molar-refractivity contribution in [2.45, 2.75) is 77.1 Å². The molecule has 26 heteroatoms. The SMILES string of the molecule is CC(C)c1cnn2c(NCc3ccccc3-n3cccn3)nc(OCCN(C)S(=O)(=O)C3CCNCC3)nc12.CC(C)c1cnn2c(NCc3ccccc3-n3cccn3)nc(OCCN(C)S(=O)(=O)CCCN(C)C)nc12. The Morgan fingerprint density at radius 1 is 0.628 bits per heavy atom. The molecule has 3 N–H and O–H groups in total. The minimum absolute atomic E-state index is 0.0891. The lowest BCUT2D eigenvalue weighted by molar-refractivity contribution is 0.266. The van der Waals surface area contributed by atoms with E-state index in [4.69, 9.17) is 9.47 Å². The lowest BCUT2D eigenvalue weighted by Crippen LogP contribution is -2.43. The number of anilines is 2. The first kappa shape index (κ1) is 57.1. The van der Waals surface area contributed by atoms with Crippen LogP contribution in [0.4, 0.5) is 11.9 Å². The number of likely N-dealkylation sites (N-methyl/N-ethyl adjacent to an activating group) is 2. The largest absolute Gasteiger partial charge is 0.462 e. The smallest absolute Gasteiger partial charge is 0.321 e. The van der Waals surface area contributed by atoms with Crippen molar-refractivity contribution in [1.29, 1.82) is 0 Å². The summed E-state index contributed by atoms with van der Waals surface area (Å²) in [5.74, 6) is 1.43. The van der Waals surface area contributed by atoms with Crippen LogP contribution in [0, 0.1) is 0 Å². The molecule has 9 rings (SSSR count). The fourth-order valence-electron chi connectivity index (χ4n) is 8.73. The molecule has 1 aliphatic rings. The van der Waals surface area contributed by atoms with Crippen LogP contribution in [0.25, 0.3) is 22.7 Å². The highest BCUT2D eigenvalue weighted by Gasteiger charge is 2.31. The number of benzene rings is 2. The summed E-state index contributed by atoms with van der Waals surface area (Å²) < 4.78 is 72.6. The fraction of sp³-hybridized carbons (Fsp3) is 0.462. The van der Waals surface area contributed by atoms with E-state index in [9.17, 15) is 16.8 Å². The van der Waals surface area contributed by atoms with Gasteiger partial charge in [-0.3, -0.25) is 0 Å². The third-order valence-electron chi connectivity index (χ3n) is 13.3. The van der Waals surface area contributed by atoms with Crippen molar-refractivity contribution in [3.05, 3.63) is 120 Å². The maximum Gasteiger partial charge on any atom is 0.321 e. The van der Waals surface area contributed by atoms with Gasteiger partial charge in [0.15, 0.2) is 11.3 Å². The normalized spacial score (nSPS) is 13.6. The molecule has 24 nitrogen and oxygen atoms in total. The highest BCUT2D eigenvalue weighted by molar-refractivity contribution is 7.89. The van der Waals surface area contributed by atoms with Gasteiger partial charge in [0.05, 0.1) is 34.8 Å². The Morgan fingerprint density at radius 2 is 1.10 bits per heavy atom. The lowest BCUT2D eigenvalue weighted by Gasteiger charge is -2.27. The number of hydrogen-bond acceptors (Lipinski definition) is 18. The highest BCUT2D eigenvalue weighted by Crippen LogP contribution is 2.26. The number of nitrogens with zero attached hydrogens (tertiary/aromatic N) is 15. The van der Waals surface area contributed by atoms with Gasteiger partial charge in [0.25, 0.3) is 0 Å². The zero-order valence-corrected chi connectivity index (χ0v) is 47.3. The Balaban J connectivity index is 0.000000206. The summed E-state index contributed by atoms with van der Waals surface area (Å²) in [6, 6.07) is 20.1. The number of piperidine rings is 1. The predicted octanol–water partition coefficient (Wildman–Crippen LogP) is 5.08. The van der Waals surface area contributed by atoms with Crippen molar-refractivity contribution >= 4 is 43.2 Å². The second-order valence-electron chi connectivity index (χ2n) is 19.8. The summed E-state index contributed by atoms with van der Waals surface area (Å²) in [7, 11) is 0.251. The minimum atomic E-state index is -3.39. The molecule has 0 amide bonds. The van der Waals surface area contributed by atoms with Crippen LogP contribution in [-0.2, 0) is 33.1 Å². The summed E-state index contributed by atoms with van der Waals surface area (Å²) in [6.07, 6.45) is 12.7.